The van der Waals surface area contributed by atoms with Crippen molar-refractivity contribution in [3.8, 4) is 0 Å². The summed E-state index contributed by atoms with van der Waals surface area (Å²) >= 11 is 6.00. The molecule has 26 heavy (non-hydrogen) atoms. The van der Waals surface area contributed by atoms with Crippen molar-refractivity contribution in [3.63, 3.8) is 0 Å². The molecule has 0 spiro atoms. The van der Waals surface area contributed by atoms with Crippen LogP contribution in [0.3, 0.4) is 0 Å². The van der Waals surface area contributed by atoms with Gasteiger partial charge in [-0.05, 0) is 55.2 Å². The van der Waals surface area contributed by atoms with E-state index in [1.165, 1.54) is 0 Å². The Kier molecular flexibility index (Phi) is 5.62. The lowest BCUT2D eigenvalue weighted by atomic mass is 10.1. The zero-order valence-electron chi connectivity index (χ0n) is 15.1. The average Bonchev–Trinajstić information content (AvgIpc) is 2.97. The summed E-state index contributed by atoms with van der Waals surface area (Å²) in [6.07, 6.45) is 1.00. The average molecular weight is 371 g/mol. The second-order valence-corrected chi connectivity index (χ2v) is 7.36. The second kappa shape index (κ2) is 7.92. The first-order chi connectivity index (χ1) is 12.4. The Morgan fingerprint density at radius 1 is 1.23 bits per heavy atom. The molecule has 1 atom stereocenters. The number of anilines is 1. The van der Waals surface area contributed by atoms with Crippen molar-refractivity contribution < 1.29 is 9.59 Å². The van der Waals surface area contributed by atoms with Gasteiger partial charge in [-0.3, -0.25) is 9.59 Å². The molecule has 1 unspecified atom stereocenters. The Morgan fingerprint density at radius 3 is 2.81 bits per heavy atom. The number of hydrogen-bond acceptors (Lipinski definition) is 2. The number of benzene rings is 2. The molecule has 2 amide bonds. The van der Waals surface area contributed by atoms with Crippen LogP contribution in [0.25, 0.3) is 0 Å². The van der Waals surface area contributed by atoms with Gasteiger partial charge in [-0.25, -0.2) is 0 Å². The first-order valence-electron chi connectivity index (χ1n) is 8.82. The normalized spacial score (nSPS) is 16.8. The maximum atomic E-state index is 12.6. The minimum Gasteiger partial charge on any atom is -0.342 e. The summed E-state index contributed by atoms with van der Waals surface area (Å²) in [6.45, 7) is 5.03. The molecule has 2 aromatic rings. The monoisotopic (exact) mass is 370 g/mol. The van der Waals surface area contributed by atoms with E-state index in [0.717, 1.165) is 28.8 Å². The van der Waals surface area contributed by atoms with E-state index in [9.17, 15) is 9.59 Å². The molecule has 0 aliphatic carbocycles. The Labute approximate surface area is 159 Å². The van der Waals surface area contributed by atoms with E-state index in [0.29, 0.717) is 18.1 Å². The zero-order chi connectivity index (χ0) is 18.7. The Hall–Kier alpha value is -2.33. The number of rotatable bonds is 5. The summed E-state index contributed by atoms with van der Waals surface area (Å²) in [7, 11) is 0. The highest BCUT2D eigenvalue weighted by Crippen LogP contribution is 2.23. The molecule has 5 heteroatoms. The molecule has 136 valence electrons. The maximum absolute atomic E-state index is 12.6. The molecule has 0 aromatic heterocycles. The van der Waals surface area contributed by atoms with E-state index < -0.39 is 0 Å². The summed E-state index contributed by atoms with van der Waals surface area (Å²) in [4.78, 5) is 26.6. The Bertz CT molecular complexity index is 835. The molecule has 0 saturated carbocycles. The number of hydrogen-bond donors (Lipinski definition) is 1. The van der Waals surface area contributed by atoms with Crippen LogP contribution >= 0.6 is 11.6 Å². The highest BCUT2D eigenvalue weighted by molar-refractivity contribution is 6.30. The van der Waals surface area contributed by atoms with E-state index in [4.69, 9.17) is 11.6 Å². The number of carbonyl (C=O) groups excluding carboxylic acids is 2. The van der Waals surface area contributed by atoms with Gasteiger partial charge < -0.3 is 10.2 Å². The second-order valence-electron chi connectivity index (χ2n) is 6.93. The molecule has 2 aromatic carbocycles. The van der Waals surface area contributed by atoms with Crippen LogP contribution in [-0.2, 0) is 16.0 Å². The van der Waals surface area contributed by atoms with Gasteiger partial charge in [0.25, 0.3) is 0 Å². The van der Waals surface area contributed by atoms with Crippen LogP contribution in [0.4, 0.5) is 5.69 Å². The highest BCUT2D eigenvalue weighted by atomic mass is 35.5. The van der Waals surface area contributed by atoms with Crippen molar-refractivity contribution in [1.82, 2.24) is 4.90 Å². The SMILES string of the molecule is Cc1ccc(C)c(NC(=O)C2CC(=O)N(CCc3cccc(Cl)c3)C2)c1. The smallest absolute Gasteiger partial charge is 0.229 e. The van der Waals surface area contributed by atoms with Crippen molar-refractivity contribution >= 4 is 29.1 Å². The van der Waals surface area contributed by atoms with Gasteiger partial charge in [-0.2, -0.15) is 0 Å². The van der Waals surface area contributed by atoms with Crippen LogP contribution in [0.2, 0.25) is 5.02 Å². The molecule has 4 nitrogen and oxygen atoms in total. The van der Waals surface area contributed by atoms with Crippen LogP contribution in [0.5, 0.6) is 0 Å². The Morgan fingerprint density at radius 2 is 2.04 bits per heavy atom. The molecule has 1 aliphatic rings. The number of carbonyl (C=O) groups is 2. The summed E-state index contributed by atoms with van der Waals surface area (Å²) in [6, 6.07) is 13.6. The molecular weight excluding hydrogens is 348 g/mol. The number of halogens is 1. The Balaban J connectivity index is 1.58. The third-order valence-corrected chi connectivity index (χ3v) is 5.03. The fraction of sp³-hybridized carbons (Fsp3) is 0.333. The van der Waals surface area contributed by atoms with E-state index in [-0.39, 0.29) is 24.2 Å². The summed E-state index contributed by atoms with van der Waals surface area (Å²) in [5.74, 6) is -0.354. The van der Waals surface area contributed by atoms with Crippen LogP contribution in [-0.4, -0.2) is 29.8 Å². The molecule has 1 fully saturated rings. The van der Waals surface area contributed by atoms with E-state index >= 15 is 0 Å². The molecule has 0 bridgehead atoms. The first-order valence-corrected chi connectivity index (χ1v) is 9.20. The van der Waals surface area contributed by atoms with Gasteiger partial charge in [0.15, 0.2) is 0 Å². The molecule has 1 saturated heterocycles. The standard InChI is InChI=1S/C21H23ClN2O2/c1-14-6-7-15(2)19(10-14)23-21(26)17-12-20(25)24(13-17)9-8-16-4-3-5-18(22)11-16/h3-7,10-11,17H,8-9,12-13H2,1-2H3,(H,23,26). The minimum absolute atomic E-state index is 0.0353. The highest BCUT2D eigenvalue weighted by Gasteiger charge is 2.34. The van der Waals surface area contributed by atoms with Crippen molar-refractivity contribution in [2.75, 3.05) is 18.4 Å². The zero-order valence-corrected chi connectivity index (χ0v) is 15.8. The van der Waals surface area contributed by atoms with Crippen LogP contribution < -0.4 is 5.32 Å². The summed E-state index contributed by atoms with van der Waals surface area (Å²) in [5.41, 5.74) is 4.02. The van der Waals surface area contributed by atoms with Crippen molar-refractivity contribution in [3.05, 3.63) is 64.2 Å². The fourth-order valence-electron chi connectivity index (χ4n) is 3.23. The maximum Gasteiger partial charge on any atom is 0.229 e. The predicted molar refractivity (Wildman–Crippen MR) is 104 cm³/mol. The van der Waals surface area contributed by atoms with Crippen molar-refractivity contribution in [2.45, 2.75) is 26.7 Å². The van der Waals surface area contributed by atoms with Gasteiger partial charge in [-0.1, -0.05) is 35.9 Å². The fourth-order valence-corrected chi connectivity index (χ4v) is 3.44. The van der Waals surface area contributed by atoms with Crippen molar-refractivity contribution in [1.29, 1.82) is 0 Å². The largest absolute Gasteiger partial charge is 0.342 e. The molecule has 0 radical (unpaired) electrons. The van der Waals surface area contributed by atoms with Gasteiger partial charge in [0.1, 0.15) is 0 Å². The van der Waals surface area contributed by atoms with Gasteiger partial charge in [0.2, 0.25) is 11.8 Å². The number of aryl methyl sites for hydroxylation is 2. The topological polar surface area (TPSA) is 49.4 Å². The van der Waals surface area contributed by atoms with Gasteiger partial charge in [-0.15, -0.1) is 0 Å². The molecular formula is C21H23ClN2O2. The third kappa shape index (κ3) is 4.44. The predicted octanol–water partition coefficient (Wildman–Crippen LogP) is 3.99. The number of nitrogens with one attached hydrogen (secondary N) is 1. The lowest BCUT2D eigenvalue weighted by Crippen LogP contribution is -2.30. The van der Waals surface area contributed by atoms with E-state index in [1.54, 1.807) is 4.90 Å². The van der Waals surface area contributed by atoms with Crippen LogP contribution in [0.15, 0.2) is 42.5 Å². The molecule has 3 rings (SSSR count). The quantitative estimate of drug-likeness (QED) is 0.865. The van der Waals surface area contributed by atoms with Gasteiger partial charge in [0.05, 0.1) is 5.92 Å². The summed E-state index contributed by atoms with van der Waals surface area (Å²) in [5, 5.41) is 3.68. The van der Waals surface area contributed by atoms with Crippen molar-refractivity contribution in [2.24, 2.45) is 5.92 Å². The third-order valence-electron chi connectivity index (χ3n) is 4.80. The number of amides is 2. The van der Waals surface area contributed by atoms with Gasteiger partial charge in [0, 0.05) is 30.2 Å². The summed E-state index contributed by atoms with van der Waals surface area (Å²) < 4.78 is 0. The van der Waals surface area contributed by atoms with Gasteiger partial charge >= 0.3 is 0 Å². The van der Waals surface area contributed by atoms with E-state index in [2.05, 4.69) is 5.32 Å². The van der Waals surface area contributed by atoms with Crippen LogP contribution in [0, 0.1) is 19.8 Å². The lowest BCUT2D eigenvalue weighted by molar-refractivity contribution is -0.128. The molecule has 1 heterocycles. The molecule has 1 aliphatic heterocycles. The van der Waals surface area contributed by atoms with E-state index in [1.807, 2.05) is 56.3 Å². The van der Waals surface area contributed by atoms with Crippen LogP contribution in [0.1, 0.15) is 23.1 Å². The lowest BCUT2D eigenvalue weighted by Gasteiger charge is -2.17. The minimum atomic E-state index is -0.304. The first kappa shape index (κ1) is 18.5. The number of likely N-dealkylation sites (tertiary alicyclic amines) is 1. The number of nitrogens with zero attached hydrogens (tertiary/aromatic N) is 1. The molecule has 1 N–H and O–H groups in total.